The van der Waals surface area contributed by atoms with E-state index in [-0.39, 0.29) is 18.6 Å². The Morgan fingerprint density at radius 2 is 1.87 bits per heavy atom. The SMILES string of the molecule is C[C@H]1Cc2ccccc2N1C(=O)COC(=O)c1ccc(Cl)cc1. The van der Waals surface area contributed by atoms with Gasteiger partial charge in [0.15, 0.2) is 6.61 Å². The van der Waals surface area contributed by atoms with Gasteiger partial charge < -0.3 is 9.64 Å². The number of carbonyl (C=O) groups is 2. The van der Waals surface area contributed by atoms with Gasteiger partial charge in [-0.15, -0.1) is 0 Å². The molecule has 118 valence electrons. The molecular formula is C18H16ClNO3. The van der Waals surface area contributed by atoms with E-state index in [1.54, 1.807) is 29.2 Å². The Bertz CT molecular complexity index is 742. The Labute approximate surface area is 139 Å². The summed E-state index contributed by atoms with van der Waals surface area (Å²) in [6.45, 7) is 1.71. The van der Waals surface area contributed by atoms with E-state index in [0.29, 0.717) is 10.6 Å². The van der Waals surface area contributed by atoms with Gasteiger partial charge in [-0.1, -0.05) is 29.8 Å². The van der Waals surface area contributed by atoms with Gasteiger partial charge in [-0.25, -0.2) is 4.79 Å². The van der Waals surface area contributed by atoms with Gasteiger partial charge in [0.25, 0.3) is 5.91 Å². The molecule has 0 N–H and O–H groups in total. The largest absolute Gasteiger partial charge is 0.452 e. The van der Waals surface area contributed by atoms with Crippen LogP contribution < -0.4 is 4.90 Å². The summed E-state index contributed by atoms with van der Waals surface area (Å²) in [6, 6.07) is 14.2. The average molecular weight is 330 g/mol. The molecule has 0 aromatic heterocycles. The second-order valence-electron chi connectivity index (χ2n) is 5.53. The number of rotatable bonds is 3. The van der Waals surface area contributed by atoms with Crippen LogP contribution in [0.3, 0.4) is 0 Å². The number of hydrogen-bond donors (Lipinski definition) is 0. The number of halogens is 1. The molecule has 1 aliphatic heterocycles. The summed E-state index contributed by atoms with van der Waals surface area (Å²) >= 11 is 5.78. The summed E-state index contributed by atoms with van der Waals surface area (Å²) in [4.78, 5) is 26.1. The van der Waals surface area contributed by atoms with E-state index in [1.165, 1.54) is 0 Å². The molecule has 0 bridgehead atoms. The van der Waals surface area contributed by atoms with Crippen LogP contribution in [0.25, 0.3) is 0 Å². The van der Waals surface area contributed by atoms with E-state index < -0.39 is 5.97 Å². The van der Waals surface area contributed by atoms with Gasteiger partial charge in [0, 0.05) is 16.8 Å². The Balaban J connectivity index is 1.66. The van der Waals surface area contributed by atoms with Gasteiger partial charge in [0.2, 0.25) is 0 Å². The Kier molecular flexibility index (Phi) is 4.35. The summed E-state index contributed by atoms with van der Waals surface area (Å²) in [5.41, 5.74) is 2.40. The highest BCUT2D eigenvalue weighted by atomic mass is 35.5. The zero-order chi connectivity index (χ0) is 16.4. The smallest absolute Gasteiger partial charge is 0.338 e. The van der Waals surface area contributed by atoms with Crippen LogP contribution >= 0.6 is 11.6 Å². The molecule has 5 heteroatoms. The predicted molar refractivity (Wildman–Crippen MR) is 88.8 cm³/mol. The Morgan fingerprint density at radius 1 is 1.17 bits per heavy atom. The lowest BCUT2D eigenvalue weighted by atomic mass is 10.1. The number of benzene rings is 2. The van der Waals surface area contributed by atoms with Crippen molar-refractivity contribution in [1.29, 1.82) is 0 Å². The summed E-state index contributed by atoms with van der Waals surface area (Å²) in [5.74, 6) is -0.750. The first-order valence-electron chi connectivity index (χ1n) is 7.39. The predicted octanol–water partition coefficient (Wildman–Crippen LogP) is 3.47. The van der Waals surface area contributed by atoms with Gasteiger partial charge in [0.05, 0.1) is 5.56 Å². The minimum absolute atomic E-state index is 0.0640. The van der Waals surface area contributed by atoms with Crippen molar-refractivity contribution in [3.63, 3.8) is 0 Å². The van der Waals surface area contributed by atoms with Crippen molar-refractivity contribution in [3.05, 3.63) is 64.7 Å². The number of para-hydroxylation sites is 1. The molecule has 2 aromatic rings. The van der Waals surface area contributed by atoms with Crippen LogP contribution in [-0.4, -0.2) is 24.5 Å². The maximum absolute atomic E-state index is 12.4. The number of fused-ring (bicyclic) bond motifs is 1. The first kappa shape index (κ1) is 15.6. The van der Waals surface area contributed by atoms with Crippen LogP contribution in [0, 0.1) is 0 Å². The standard InChI is InChI=1S/C18H16ClNO3/c1-12-10-14-4-2-3-5-16(14)20(12)17(21)11-23-18(22)13-6-8-15(19)9-7-13/h2-9,12H,10-11H2,1H3/t12-/m0/s1. The lowest BCUT2D eigenvalue weighted by molar-refractivity contribution is -0.122. The van der Waals surface area contributed by atoms with E-state index in [2.05, 4.69) is 0 Å². The van der Waals surface area contributed by atoms with Crippen molar-refractivity contribution in [1.82, 2.24) is 0 Å². The molecule has 0 fully saturated rings. The first-order valence-corrected chi connectivity index (χ1v) is 7.76. The third-order valence-electron chi connectivity index (χ3n) is 3.88. The molecule has 0 unspecified atom stereocenters. The Hall–Kier alpha value is -2.33. The van der Waals surface area contributed by atoms with Crippen molar-refractivity contribution >= 4 is 29.2 Å². The Morgan fingerprint density at radius 3 is 2.61 bits per heavy atom. The summed E-state index contributed by atoms with van der Waals surface area (Å²) in [7, 11) is 0. The second-order valence-corrected chi connectivity index (χ2v) is 5.97. The number of carbonyl (C=O) groups excluding carboxylic acids is 2. The van der Waals surface area contributed by atoms with Crippen molar-refractivity contribution in [3.8, 4) is 0 Å². The molecule has 1 aliphatic rings. The number of nitrogens with zero attached hydrogens (tertiary/aromatic N) is 1. The quantitative estimate of drug-likeness (QED) is 0.810. The molecule has 0 radical (unpaired) electrons. The monoisotopic (exact) mass is 329 g/mol. The highest BCUT2D eigenvalue weighted by Gasteiger charge is 2.30. The minimum Gasteiger partial charge on any atom is -0.452 e. The molecule has 3 rings (SSSR count). The number of amides is 1. The van der Waals surface area contributed by atoms with E-state index >= 15 is 0 Å². The molecule has 2 aromatic carbocycles. The number of esters is 1. The molecule has 1 amide bonds. The third-order valence-corrected chi connectivity index (χ3v) is 4.13. The van der Waals surface area contributed by atoms with Gasteiger partial charge in [-0.3, -0.25) is 4.79 Å². The van der Waals surface area contributed by atoms with Gasteiger partial charge in [0.1, 0.15) is 0 Å². The zero-order valence-electron chi connectivity index (χ0n) is 12.7. The maximum atomic E-state index is 12.4. The third kappa shape index (κ3) is 3.22. The van der Waals surface area contributed by atoms with Crippen molar-refractivity contribution in [2.75, 3.05) is 11.5 Å². The van der Waals surface area contributed by atoms with E-state index in [9.17, 15) is 9.59 Å². The molecule has 1 heterocycles. The van der Waals surface area contributed by atoms with Gasteiger partial charge >= 0.3 is 5.97 Å². The lowest BCUT2D eigenvalue weighted by Crippen LogP contribution is -2.38. The molecule has 0 aliphatic carbocycles. The molecule has 0 saturated heterocycles. The van der Waals surface area contributed by atoms with E-state index in [0.717, 1.165) is 17.7 Å². The number of hydrogen-bond acceptors (Lipinski definition) is 3. The van der Waals surface area contributed by atoms with Crippen LogP contribution in [0.1, 0.15) is 22.8 Å². The topological polar surface area (TPSA) is 46.6 Å². The highest BCUT2D eigenvalue weighted by molar-refractivity contribution is 6.30. The molecular weight excluding hydrogens is 314 g/mol. The van der Waals surface area contributed by atoms with E-state index in [4.69, 9.17) is 16.3 Å². The van der Waals surface area contributed by atoms with Crippen LogP contribution in [-0.2, 0) is 16.0 Å². The highest BCUT2D eigenvalue weighted by Crippen LogP contribution is 2.31. The lowest BCUT2D eigenvalue weighted by Gasteiger charge is -2.22. The average Bonchev–Trinajstić information content (AvgIpc) is 2.88. The maximum Gasteiger partial charge on any atom is 0.338 e. The number of ether oxygens (including phenoxy) is 1. The fraction of sp³-hybridized carbons (Fsp3) is 0.222. The minimum atomic E-state index is -0.532. The summed E-state index contributed by atoms with van der Waals surface area (Å²) in [6.07, 6.45) is 0.813. The van der Waals surface area contributed by atoms with Gasteiger partial charge in [-0.2, -0.15) is 0 Å². The van der Waals surface area contributed by atoms with Crippen molar-refractivity contribution in [2.24, 2.45) is 0 Å². The van der Waals surface area contributed by atoms with Crippen LogP contribution in [0.5, 0.6) is 0 Å². The molecule has 4 nitrogen and oxygen atoms in total. The summed E-state index contributed by atoms with van der Waals surface area (Å²) in [5, 5.41) is 0.542. The zero-order valence-corrected chi connectivity index (χ0v) is 13.4. The van der Waals surface area contributed by atoms with Crippen LogP contribution in [0.4, 0.5) is 5.69 Å². The van der Waals surface area contributed by atoms with E-state index in [1.807, 2.05) is 31.2 Å². The fourth-order valence-corrected chi connectivity index (χ4v) is 2.94. The number of anilines is 1. The molecule has 0 spiro atoms. The first-order chi connectivity index (χ1) is 11.1. The molecule has 0 saturated carbocycles. The van der Waals surface area contributed by atoms with Crippen molar-refractivity contribution in [2.45, 2.75) is 19.4 Å². The fourth-order valence-electron chi connectivity index (χ4n) is 2.81. The second kappa shape index (κ2) is 6.42. The summed E-state index contributed by atoms with van der Waals surface area (Å²) < 4.78 is 5.13. The van der Waals surface area contributed by atoms with Gasteiger partial charge in [-0.05, 0) is 49.2 Å². The van der Waals surface area contributed by atoms with Crippen LogP contribution in [0.2, 0.25) is 5.02 Å². The van der Waals surface area contributed by atoms with Crippen LogP contribution in [0.15, 0.2) is 48.5 Å². The normalized spacial score (nSPS) is 16.1. The molecule has 1 atom stereocenters. The van der Waals surface area contributed by atoms with Crippen molar-refractivity contribution < 1.29 is 14.3 Å². The molecule has 23 heavy (non-hydrogen) atoms.